The lowest BCUT2D eigenvalue weighted by Crippen LogP contribution is -2.41. The minimum Gasteiger partial charge on any atom is -0.507 e. The van der Waals surface area contributed by atoms with Crippen LogP contribution in [0, 0.1) is 0 Å². The molecule has 1 amide bonds. The second-order valence-electron chi connectivity index (χ2n) is 8.65. The van der Waals surface area contributed by atoms with Crippen LogP contribution < -0.4 is 10.1 Å². The van der Waals surface area contributed by atoms with Crippen molar-refractivity contribution in [1.29, 1.82) is 0 Å². The first-order chi connectivity index (χ1) is 15.1. The van der Waals surface area contributed by atoms with Crippen LogP contribution >= 0.6 is 0 Å². The van der Waals surface area contributed by atoms with Crippen LogP contribution in [0.4, 0.5) is 4.79 Å². The summed E-state index contributed by atoms with van der Waals surface area (Å²) in [6.45, 7) is 8.11. The highest BCUT2D eigenvalue weighted by molar-refractivity contribution is 6.56. The number of carbonyl (C=O) groups is 1. The summed E-state index contributed by atoms with van der Waals surface area (Å²) in [4.78, 5) is 12.3. The van der Waals surface area contributed by atoms with Crippen LogP contribution in [0.3, 0.4) is 0 Å². The number of phenolic OH excluding ortho intramolecular Hbond substituents is 1. The van der Waals surface area contributed by atoms with Crippen LogP contribution in [-0.4, -0.2) is 43.2 Å². The van der Waals surface area contributed by atoms with Crippen LogP contribution in [0.5, 0.6) is 11.5 Å². The standard InChI is InChI=1S/C24H30BNO6/c1-23(2)24(3,4)32-25(31-23)19(13-18-11-12-20(29-5)14-21(18)27)15-26-22(28)30-16-17-9-7-6-8-10-17/h6-14,27H,15-16H2,1-5H3,(H,26,28). The average molecular weight is 439 g/mol. The molecular formula is C24H30BNO6. The van der Waals surface area contributed by atoms with Gasteiger partial charge in [0.15, 0.2) is 0 Å². The fourth-order valence-corrected chi connectivity index (χ4v) is 3.12. The first-order valence-electron chi connectivity index (χ1n) is 10.5. The molecule has 32 heavy (non-hydrogen) atoms. The number of phenols is 1. The van der Waals surface area contributed by atoms with Crippen molar-refractivity contribution >= 4 is 19.3 Å². The highest BCUT2D eigenvalue weighted by Gasteiger charge is 2.52. The molecule has 0 radical (unpaired) electrons. The number of methoxy groups -OCH3 is 1. The van der Waals surface area contributed by atoms with E-state index >= 15 is 0 Å². The maximum Gasteiger partial charge on any atom is 0.492 e. The third-order valence-electron chi connectivity index (χ3n) is 5.78. The maximum atomic E-state index is 12.3. The molecule has 170 valence electrons. The molecule has 0 saturated carbocycles. The van der Waals surface area contributed by atoms with Crippen molar-refractivity contribution in [2.45, 2.75) is 45.5 Å². The highest BCUT2D eigenvalue weighted by atomic mass is 16.7. The second kappa shape index (κ2) is 9.67. The van der Waals surface area contributed by atoms with Gasteiger partial charge in [0, 0.05) is 18.2 Å². The Morgan fingerprint density at radius 2 is 1.75 bits per heavy atom. The van der Waals surface area contributed by atoms with Gasteiger partial charge in [-0.2, -0.15) is 0 Å². The SMILES string of the molecule is COc1ccc(C=C(CNC(=O)OCc2ccccc2)B2OC(C)(C)C(C)(C)O2)c(O)c1. The zero-order valence-electron chi connectivity index (χ0n) is 19.2. The second-order valence-corrected chi connectivity index (χ2v) is 8.65. The smallest absolute Gasteiger partial charge is 0.492 e. The predicted molar refractivity (Wildman–Crippen MR) is 123 cm³/mol. The van der Waals surface area contributed by atoms with E-state index < -0.39 is 24.4 Å². The van der Waals surface area contributed by atoms with E-state index in [2.05, 4.69) is 5.32 Å². The van der Waals surface area contributed by atoms with Crippen molar-refractivity contribution in [2.75, 3.05) is 13.7 Å². The number of alkyl carbamates (subject to hydrolysis) is 1. The summed E-state index contributed by atoms with van der Waals surface area (Å²) in [6.07, 6.45) is 1.18. The van der Waals surface area contributed by atoms with E-state index in [1.165, 1.54) is 13.2 Å². The van der Waals surface area contributed by atoms with E-state index in [0.29, 0.717) is 16.8 Å². The van der Waals surface area contributed by atoms with Gasteiger partial charge in [-0.3, -0.25) is 0 Å². The largest absolute Gasteiger partial charge is 0.507 e. The maximum absolute atomic E-state index is 12.3. The third-order valence-corrected chi connectivity index (χ3v) is 5.78. The highest BCUT2D eigenvalue weighted by Crippen LogP contribution is 2.39. The molecule has 1 aliphatic rings. The van der Waals surface area contributed by atoms with Crippen LogP contribution in [0.15, 0.2) is 54.0 Å². The molecule has 0 unspecified atom stereocenters. The van der Waals surface area contributed by atoms with Crippen LogP contribution in [0.2, 0.25) is 0 Å². The van der Waals surface area contributed by atoms with E-state index in [-0.39, 0.29) is 18.9 Å². The Labute approximate surface area is 189 Å². The summed E-state index contributed by atoms with van der Waals surface area (Å²) >= 11 is 0. The van der Waals surface area contributed by atoms with Gasteiger partial charge in [0.1, 0.15) is 18.1 Å². The first-order valence-corrected chi connectivity index (χ1v) is 10.5. The molecule has 2 N–H and O–H groups in total. The normalized spacial score (nSPS) is 17.2. The number of hydrogen-bond acceptors (Lipinski definition) is 6. The Bertz CT molecular complexity index is 958. The monoisotopic (exact) mass is 439 g/mol. The third kappa shape index (κ3) is 5.63. The minimum absolute atomic E-state index is 0.0463. The van der Waals surface area contributed by atoms with Crippen LogP contribution in [-0.2, 0) is 20.7 Å². The molecule has 2 aromatic rings. The van der Waals surface area contributed by atoms with Gasteiger partial charge in [-0.1, -0.05) is 36.4 Å². The molecule has 7 nitrogen and oxygen atoms in total. The summed E-state index contributed by atoms with van der Waals surface area (Å²) < 4.78 is 22.8. The molecule has 3 rings (SSSR count). The van der Waals surface area contributed by atoms with Gasteiger partial charge in [-0.25, -0.2) is 4.79 Å². The van der Waals surface area contributed by atoms with Gasteiger partial charge in [0.2, 0.25) is 0 Å². The Morgan fingerprint density at radius 3 is 2.34 bits per heavy atom. The molecule has 1 heterocycles. The van der Waals surface area contributed by atoms with Gasteiger partial charge in [0.05, 0.1) is 18.3 Å². The number of hydrogen-bond donors (Lipinski definition) is 2. The molecule has 1 saturated heterocycles. The number of carbonyl (C=O) groups excluding carboxylic acids is 1. The minimum atomic E-state index is -0.698. The summed E-state index contributed by atoms with van der Waals surface area (Å²) in [5, 5.41) is 13.1. The lowest BCUT2D eigenvalue weighted by atomic mass is 9.77. The Hall–Kier alpha value is -2.97. The predicted octanol–water partition coefficient (Wildman–Crippen LogP) is 4.34. The first kappa shape index (κ1) is 23.7. The van der Waals surface area contributed by atoms with Crippen molar-refractivity contribution in [3.05, 3.63) is 65.1 Å². The number of ether oxygens (including phenoxy) is 2. The number of amides is 1. The molecule has 0 bridgehead atoms. The van der Waals surface area contributed by atoms with Crippen LogP contribution in [0.1, 0.15) is 38.8 Å². The fourth-order valence-electron chi connectivity index (χ4n) is 3.12. The number of nitrogens with one attached hydrogen (secondary N) is 1. The molecule has 0 spiro atoms. The zero-order valence-corrected chi connectivity index (χ0v) is 19.2. The zero-order chi connectivity index (χ0) is 23.4. The summed E-state index contributed by atoms with van der Waals surface area (Å²) in [5.74, 6) is 0.587. The lowest BCUT2D eigenvalue weighted by Gasteiger charge is -2.32. The summed E-state index contributed by atoms with van der Waals surface area (Å²) in [7, 11) is 0.835. The molecule has 1 aliphatic heterocycles. The van der Waals surface area contributed by atoms with Crippen molar-refractivity contribution in [1.82, 2.24) is 5.32 Å². The fraction of sp³-hybridized carbons (Fsp3) is 0.375. The van der Waals surface area contributed by atoms with Crippen molar-refractivity contribution in [3.63, 3.8) is 0 Å². The number of rotatable bonds is 7. The molecule has 8 heteroatoms. The molecule has 0 aromatic heterocycles. The Kier molecular flexibility index (Phi) is 7.16. The lowest BCUT2D eigenvalue weighted by molar-refractivity contribution is 0.00578. The van der Waals surface area contributed by atoms with Crippen molar-refractivity contribution in [2.24, 2.45) is 0 Å². The van der Waals surface area contributed by atoms with Gasteiger partial charge >= 0.3 is 13.2 Å². The topological polar surface area (TPSA) is 86.3 Å². The van der Waals surface area contributed by atoms with E-state index in [0.717, 1.165) is 5.56 Å². The Balaban J connectivity index is 1.76. The van der Waals surface area contributed by atoms with Gasteiger partial charge in [-0.15, -0.1) is 0 Å². The molecule has 2 aromatic carbocycles. The van der Waals surface area contributed by atoms with E-state index in [1.54, 1.807) is 18.2 Å². The summed E-state index contributed by atoms with van der Waals surface area (Å²) in [5.41, 5.74) is 0.988. The quantitative estimate of drug-likeness (QED) is 0.625. The summed E-state index contributed by atoms with van der Waals surface area (Å²) in [6, 6.07) is 14.4. The molecule has 0 atom stereocenters. The van der Waals surface area contributed by atoms with Gasteiger partial charge < -0.3 is 29.2 Å². The van der Waals surface area contributed by atoms with E-state index in [4.69, 9.17) is 18.8 Å². The molecule has 0 aliphatic carbocycles. The number of aromatic hydroxyl groups is 1. The van der Waals surface area contributed by atoms with Crippen molar-refractivity contribution < 1.29 is 28.7 Å². The van der Waals surface area contributed by atoms with E-state index in [1.807, 2.05) is 58.0 Å². The van der Waals surface area contributed by atoms with Crippen LogP contribution in [0.25, 0.3) is 6.08 Å². The van der Waals surface area contributed by atoms with Gasteiger partial charge in [0.25, 0.3) is 0 Å². The molecule has 1 fully saturated rings. The average Bonchev–Trinajstić information content (AvgIpc) is 2.98. The van der Waals surface area contributed by atoms with Gasteiger partial charge in [-0.05, 0) is 50.9 Å². The number of benzene rings is 2. The Morgan fingerprint density at radius 1 is 1.09 bits per heavy atom. The molecular weight excluding hydrogens is 409 g/mol. The van der Waals surface area contributed by atoms with E-state index in [9.17, 15) is 9.90 Å². The van der Waals surface area contributed by atoms with Crippen molar-refractivity contribution in [3.8, 4) is 11.5 Å².